The Morgan fingerprint density at radius 1 is 1.03 bits per heavy atom. The number of para-hydroxylation sites is 1. The Morgan fingerprint density at radius 2 is 1.83 bits per heavy atom. The number of hydrogen-bond donors (Lipinski definition) is 1. The van der Waals surface area contributed by atoms with E-state index in [9.17, 15) is 9.59 Å². The topological polar surface area (TPSA) is 87.9 Å². The Labute approximate surface area is 168 Å². The number of ether oxygens (including phenoxy) is 1. The van der Waals surface area contributed by atoms with Crippen molar-refractivity contribution in [3.8, 4) is 5.75 Å². The van der Waals surface area contributed by atoms with E-state index in [-0.39, 0.29) is 11.9 Å². The molecular weight excluding hydrogens is 372 g/mol. The van der Waals surface area contributed by atoms with E-state index >= 15 is 0 Å². The van der Waals surface area contributed by atoms with Gasteiger partial charge in [0, 0.05) is 37.8 Å². The van der Waals surface area contributed by atoms with Crippen LogP contribution in [-0.4, -0.2) is 66.1 Å². The van der Waals surface area contributed by atoms with Gasteiger partial charge in [-0.05, 0) is 24.3 Å². The molecule has 150 valence electrons. The summed E-state index contributed by atoms with van der Waals surface area (Å²) in [5.74, 6) is 0.873. The zero-order valence-electron chi connectivity index (χ0n) is 15.9. The van der Waals surface area contributed by atoms with Crippen molar-refractivity contribution < 1.29 is 18.7 Å². The van der Waals surface area contributed by atoms with Gasteiger partial charge in [0.25, 0.3) is 5.91 Å². The van der Waals surface area contributed by atoms with E-state index in [2.05, 4.69) is 10.3 Å². The lowest BCUT2D eigenvalue weighted by Gasteiger charge is -2.34. The summed E-state index contributed by atoms with van der Waals surface area (Å²) in [6, 6.07) is 12.8. The highest BCUT2D eigenvalue weighted by atomic mass is 16.5. The van der Waals surface area contributed by atoms with Crippen molar-refractivity contribution >= 4 is 22.8 Å². The molecule has 2 aromatic heterocycles. The van der Waals surface area contributed by atoms with Gasteiger partial charge in [-0.15, -0.1) is 0 Å². The third-order valence-corrected chi connectivity index (χ3v) is 4.82. The van der Waals surface area contributed by atoms with Crippen molar-refractivity contribution in [1.29, 1.82) is 0 Å². The molecule has 1 aromatic carbocycles. The van der Waals surface area contributed by atoms with E-state index in [1.54, 1.807) is 28.1 Å². The fourth-order valence-corrected chi connectivity index (χ4v) is 3.29. The zero-order valence-corrected chi connectivity index (χ0v) is 15.9. The number of furan rings is 1. The highest BCUT2D eigenvalue weighted by molar-refractivity contribution is 5.91. The van der Waals surface area contributed by atoms with E-state index in [1.807, 2.05) is 30.3 Å². The number of amides is 3. The molecule has 0 spiro atoms. The number of benzene rings is 1. The van der Waals surface area contributed by atoms with Crippen molar-refractivity contribution in [1.82, 2.24) is 20.1 Å². The van der Waals surface area contributed by atoms with E-state index in [0.29, 0.717) is 50.8 Å². The minimum atomic E-state index is -0.158. The Morgan fingerprint density at radius 3 is 2.62 bits per heavy atom. The van der Waals surface area contributed by atoms with Crippen molar-refractivity contribution in [3.63, 3.8) is 0 Å². The van der Waals surface area contributed by atoms with E-state index in [1.165, 1.54) is 6.26 Å². The maximum atomic E-state index is 12.4. The molecule has 8 nitrogen and oxygen atoms in total. The number of aromatic nitrogens is 1. The molecule has 1 N–H and O–H groups in total. The SMILES string of the molecule is O=C(NCCOc1cccc2cccnc12)N1CCN(C(=O)c2ccco2)CC1. The molecule has 0 atom stereocenters. The van der Waals surface area contributed by atoms with Crippen molar-refractivity contribution in [2.24, 2.45) is 0 Å². The first-order valence-electron chi connectivity index (χ1n) is 9.54. The van der Waals surface area contributed by atoms with Crippen molar-refractivity contribution in [3.05, 3.63) is 60.7 Å². The Kier molecular flexibility index (Phi) is 5.60. The fourth-order valence-electron chi connectivity index (χ4n) is 3.29. The van der Waals surface area contributed by atoms with Crippen LogP contribution < -0.4 is 10.1 Å². The zero-order chi connectivity index (χ0) is 20.1. The minimum Gasteiger partial charge on any atom is -0.489 e. The van der Waals surface area contributed by atoms with Gasteiger partial charge in [0.05, 0.1) is 12.8 Å². The molecule has 0 saturated carbocycles. The first-order valence-corrected chi connectivity index (χ1v) is 9.54. The minimum absolute atomic E-state index is 0.146. The quantitative estimate of drug-likeness (QED) is 0.672. The van der Waals surface area contributed by atoms with Crippen LogP contribution in [0.5, 0.6) is 5.75 Å². The van der Waals surface area contributed by atoms with E-state index < -0.39 is 0 Å². The van der Waals surface area contributed by atoms with Gasteiger partial charge < -0.3 is 24.3 Å². The molecule has 0 aliphatic carbocycles. The molecular formula is C21H22N4O4. The third kappa shape index (κ3) is 4.31. The molecule has 0 unspecified atom stereocenters. The van der Waals surface area contributed by atoms with Gasteiger partial charge in [-0.25, -0.2) is 4.79 Å². The van der Waals surface area contributed by atoms with Crippen LogP contribution in [0.3, 0.4) is 0 Å². The second kappa shape index (κ2) is 8.64. The standard InChI is InChI=1S/C21H22N4O4/c26-20(18-7-3-14-28-18)24-10-12-25(13-11-24)21(27)23-9-15-29-17-6-1-4-16-5-2-8-22-19(16)17/h1-8,14H,9-13,15H2,(H,23,27). The molecule has 1 fully saturated rings. The Bertz CT molecular complexity index is 976. The van der Waals surface area contributed by atoms with Crippen LogP contribution in [0.2, 0.25) is 0 Å². The molecule has 1 saturated heterocycles. The largest absolute Gasteiger partial charge is 0.489 e. The molecule has 4 rings (SSSR count). The second-order valence-electron chi connectivity index (χ2n) is 6.67. The van der Waals surface area contributed by atoms with Gasteiger partial charge >= 0.3 is 6.03 Å². The summed E-state index contributed by atoms with van der Waals surface area (Å²) in [4.78, 5) is 32.4. The highest BCUT2D eigenvalue weighted by Gasteiger charge is 2.25. The monoisotopic (exact) mass is 394 g/mol. The van der Waals surface area contributed by atoms with Gasteiger partial charge in [0.2, 0.25) is 0 Å². The summed E-state index contributed by atoms with van der Waals surface area (Å²) in [5, 5.41) is 3.87. The number of carbonyl (C=O) groups is 2. The van der Waals surface area contributed by atoms with Crippen molar-refractivity contribution in [2.45, 2.75) is 0 Å². The number of urea groups is 1. The van der Waals surface area contributed by atoms with E-state index in [4.69, 9.17) is 9.15 Å². The third-order valence-electron chi connectivity index (χ3n) is 4.82. The van der Waals surface area contributed by atoms with Gasteiger partial charge in [-0.2, -0.15) is 0 Å². The summed E-state index contributed by atoms with van der Waals surface area (Å²) in [6.07, 6.45) is 3.21. The number of hydrogen-bond acceptors (Lipinski definition) is 5. The van der Waals surface area contributed by atoms with E-state index in [0.717, 1.165) is 10.9 Å². The van der Waals surface area contributed by atoms with Gasteiger partial charge in [-0.1, -0.05) is 18.2 Å². The molecule has 29 heavy (non-hydrogen) atoms. The first kappa shape index (κ1) is 18.8. The van der Waals surface area contributed by atoms with Gasteiger partial charge in [0.15, 0.2) is 5.76 Å². The summed E-state index contributed by atoms with van der Waals surface area (Å²) in [5.41, 5.74) is 0.804. The molecule has 8 heteroatoms. The molecule has 1 aliphatic rings. The van der Waals surface area contributed by atoms with Crippen LogP contribution >= 0.6 is 0 Å². The van der Waals surface area contributed by atoms with Crippen LogP contribution in [0.15, 0.2) is 59.3 Å². The Balaban J connectivity index is 1.21. The average molecular weight is 394 g/mol. The summed E-state index contributed by atoms with van der Waals surface area (Å²) < 4.78 is 10.9. The van der Waals surface area contributed by atoms with Crippen LogP contribution in [0.25, 0.3) is 10.9 Å². The van der Waals surface area contributed by atoms with Crippen LogP contribution in [0.4, 0.5) is 4.79 Å². The predicted molar refractivity (Wildman–Crippen MR) is 107 cm³/mol. The number of pyridine rings is 1. The van der Waals surface area contributed by atoms with Crippen LogP contribution in [-0.2, 0) is 0 Å². The molecule has 3 aromatic rings. The maximum absolute atomic E-state index is 12.4. The number of fused-ring (bicyclic) bond motifs is 1. The maximum Gasteiger partial charge on any atom is 0.317 e. The fraction of sp³-hybridized carbons (Fsp3) is 0.286. The normalized spacial score (nSPS) is 14.1. The number of nitrogens with one attached hydrogen (secondary N) is 1. The molecule has 3 heterocycles. The molecule has 0 radical (unpaired) electrons. The predicted octanol–water partition coefficient (Wildman–Crippen LogP) is 2.37. The smallest absolute Gasteiger partial charge is 0.317 e. The summed E-state index contributed by atoms with van der Waals surface area (Å²) >= 11 is 0. The lowest BCUT2D eigenvalue weighted by atomic mass is 10.2. The second-order valence-corrected chi connectivity index (χ2v) is 6.67. The average Bonchev–Trinajstić information content (AvgIpc) is 3.31. The number of carbonyl (C=O) groups excluding carboxylic acids is 2. The number of rotatable bonds is 5. The Hall–Kier alpha value is -3.55. The molecule has 0 bridgehead atoms. The number of nitrogens with zero attached hydrogens (tertiary/aromatic N) is 3. The molecule has 3 amide bonds. The summed E-state index contributed by atoms with van der Waals surface area (Å²) in [7, 11) is 0. The lowest BCUT2D eigenvalue weighted by molar-refractivity contribution is 0.0634. The van der Waals surface area contributed by atoms with Crippen LogP contribution in [0.1, 0.15) is 10.6 Å². The van der Waals surface area contributed by atoms with Crippen molar-refractivity contribution in [2.75, 3.05) is 39.3 Å². The van der Waals surface area contributed by atoms with Gasteiger partial charge in [-0.3, -0.25) is 9.78 Å². The highest BCUT2D eigenvalue weighted by Crippen LogP contribution is 2.22. The summed E-state index contributed by atoms with van der Waals surface area (Å²) in [6.45, 7) is 2.64. The lowest BCUT2D eigenvalue weighted by Crippen LogP contribution is -2.53. The molecule has 1 aliphatic heterocycles. The number of piperazine rings is 1. The van der Waals surface area contributed by atoms with Crippen LogP contribution in [0, 0.1) is 0 Å². The van der Waals surface area contributed by atoms with Gasteiger partial charge in [0.1, 0.15) is 17.9 Å². The first-order chi connectivity index (χ1) is 14.2.